The molecule has 25 heavy (non-hydrogen) atoms. The molecule has 7 heteroatoms. The van der Waals surface area contributed by atoms with E-state index in [0.29, 0.717) is 28.8 Å². The zero-order valence-corrected chi connectivity index (χ0v) is 15.1. The molecule has 1 aliphatic rings. The van der Waals surface area contributed by atoms with E-state index in [9.17, 15) is 4.79 Å². The Hall–Kier alpha value is -1.82. The van der Waals surface area contributed by atoms with Crippen LogP contribution in [0.25, 0.3) is 0 Å². The second-order valence-electron chi connectivity index (χ2n) is 5.93. The van der Waals surface area contributed by atoms with Gasteiger partial charge in [-0.3, -0.25) is 4.98 Å². The average molecular weight is 380 g/mol. The second-order valence-corrected chi connectivity index (χ2v) is 6.74. The summed E-state index contributed by atoms with van der Waals surface area (Å²) in [6, 6.07) is 8.61. The molecule has 1 unspecified atom stereocenters. The van der Waals surface area contributed by atoms with Gasteiger partial charge in [-0.15, -0.1) is 0 Å². The van der Waals surface area contributed by atoms with Gasteiger partial charge in [0.1, 0.15) is 0 Å². The largest absolute Gasteiger partial charge is 0.376 e. The molecule has 1 aliphatic heterocycles. The van der Waals surface area contributed by atoms with Crippen LogP contribution >= 0.6 is 23.2 Å². The van der Waals surface area contributed by atoms with Crippen molar-refractivity contribution in [2.75, 3.05) is 18.5 Å². The summed E-state index contributed by atoms with van der Waals surface area (Å²) in [5, 5.41) is 3.73. The lowest BCUT2D eigenvalue weighted by molar-refractivity contribution is 0.0819. The molecule has 1 aromatic carbocycles. The number of aromatic nitrogens is 1. The van der Waals surface area contributed by atoms with Crippen LogP contribution in [0.1, 0.15) is 18.4 Å². The minimum Gasteiger partial charge on any atom is -0.376 e. The van der Waals surface area contributed by atoms with Crippen molar-refractivity contribution in [2.45, 2.75) is 25.5 Å². The summed E-state index contributed by atoms with van der Waals surface area (Å²) >= 11 is 11.9. The number of carbonyl (C=O) groups excluding carboxylic acids is 1. The van der Waals surface area contributed by atoms with Gasteiger partial charge in [-0.05, 0) is 48.7 Å². The first kappa shape index (κ1) is 18.0. The predicted molar refractivity (Wildman–Crippen MR) is 99.1 cm³/mol. The SMILES string of the molecule is O=C(Nc1ccc(Cl)c(Cl)c1)N(Cc1ccncc1)CC1CCCO1. The number of ether oxygens (including phenoxy) is 1. The van der Waals surface area contributed by atoms with E-state index in [2.05, 4.69) is 10.3 Å². The van der Waals surface area contributed by atoms with Gasteiger partial charge in [0.15, 0.2) is 0 Å². The summed E-state index contributed by atoms with van der Waals surface area (Å²) in [6.45, 7) is 1.77. The van der Waals surface area contributed by atoms with E-state index in [-0.39, 0.29) is 12.1 Å². The summed E-state index contributed by atoms with van der Waals surface area (Å²) < 4.78 is 5.68. The van der Waals surface area contributed by atoms with Gasteiger partial charge >= 0.3 is 6.03 Å². The molecule has 2 aromatic rings. The standard InChI is InChI=1S/C18H19Cl2N3O2/c19-16-4-3-14(10-17(16)20)22-18(24)23(12-15-2-1-9-25-15)11-13-5-7-21-8-6-13/h3-8,10,15H,1-2,9,11-12H2,(H,22,24). The third-order valence-corrected chi connectivity index (χ3v) is 4.77. The number of pyridine rings is 1. The lowest BCUT2D eigenvalue weighted by Gasteiger charge is -2.26. The van der Waals surface area contributed by atoms with E-state index in [1.807, 2.05) is 12.1 Å². The monoisotopic (exact) mass is 379 g/mol. The Balaban J connectivity index is 1.72. The number of nitrogens with one attached hydrogen (secondary N) is 1. The maximum atomic E-state index is 12.8. The molecule has 3 rings (SSSR count). The number of benzene rings is 1. The van der Waals surface area contributed by atoms with Crippen molar-refractivity contribution in [1.29, 1.82) is 0 Å². The van der Waals surface area contributed by atoms with Gasteiger partial charge in [-0.1, -0.05) is 23.2 Å². The van der Waals surface area contributed by atoms with E-state index in [0.717, 1.165) is 25.0 Å². The normalized spacial score (nSPS) is 16.6. The maximum Gasteiger partial charge on any atom is 0.322 e. The Labute approximate surface area is 156 Å². The molecule has 1 fully saturated rings. The van der Waals surface area contributed by atoms with Crippen molar-refractivity contribution in [3.05, 3.63) is 58.3 Å². The predicted octanol–water partition coefficient (Wildman–Crippen LogP) is 4.60. The Morgan fingerprint density at radius 3 is 2.72 bits per heavy atom. The van der Waals surface area contributed by atoms with Crippen LogP contribution in [0.3, 0.4) is 0 Å². The first-order valence-electron chi connectivity index (χ1n) is 8.13. The quantitative estimate of drug-likeness (QED) is 0.825. The minimum absolute atomic E-state index is 0.0707. The number of carbonyl (C=O) groups is 1. The first-order chi connectivity index (χ1) is 12.1. The van der Waals surface area contributed by atoms with Gasteiger partial charge in [0.25, 0.3) is 0 Å². The molecule has 0 saturated carbocycles. The lowest BCUT2D eigenvalue weighted by Crippen LogP contribution is -2.39. The highest BCUT2D eigenvalue weighted by Gasteiger charge is 2.23. The van der Waals surface area contributed by atoms with Gasteiger partial charge in [0, 0.05) is 37.8 Å². The smallest absolute Gasteiger partial charge is 0.322 e. The van der Waals surface area contributed by atoms with Crippen molar-refractivity contribution in [3.63, 3.8) is 0 Å². The van der Waals surface area contributed by atoms with E-state index in [1.54, 1.807) is 35.5 Å². The van der Waals surface area contributed by atoms with Crippen LogP contribution in [0.2, 0.25) is 10.0 Å². The van der Waals surface area contributed by atoms with Crippen LogP contribution in [-0.4, -0.2) is 35.2 Å². The second kappa shape index (κ2) is 8.52. The zero-order valence-electron chi connectivity index (χ0n) is 13.6. The molecule has 5 nitrogen and oxygen atoms in total. The van der Waals surface area contributed by atoms with Gasteiger partial charge in [-0.2, -0.15) is 0 Å². The van der Waals surface area contributed by atoms with Crippen LogP contribution in [0.15, 0.2) is 42.7 Å². The summed E-state index contributed by atoms with van der Waals surface area (Å²) in [5.41, 5.74) is 1.61. The fourth-order valence-corrected chi connectivity index (χ4v) is 3.04. The number of hydrogen-bond acceptors (Lipinski definition) is 3. The number of anilines is 1. The van der Waals surface area contributed by atoms with Crippen LogP contribution < -0.4 is 5.32 Å². The number of amides is 2. The number of halogens is 2. The van der Waals surface area contributed by atoms with E-state index < -0.39 is 0 Å². The number of urea groups is 1. The van der Waals surface area contributed by atoms with Crippen molar-refractivity contribution >= 4 is 34.9 Å². The van der Waals surface area contributed by atoms with Crippen LogP contribution in [0.4, 0.5) is 10.5 Å². The van der Waals surface area contributed by atoms with Crippen LogP contribution in [0.5, 0.6) is 0 Å². The highest BCUT2D eigenvalue weighted by Crippen LogP contribution is 2.25. The summed E-state index contributed by atoms with van der Waals surface area (Å²) in [4.78, 5) is 18.5. The first-order valence-corrected chi connectivity index (χ1v) is 8.89. The molecule has 0 radical (unpaired) electrons. The van der Waals surface area contributed by atoms with Gasteiger partial charge in [0.2, 0.25) is 0 Å². The molecule has 2 heterocycles. The Morgan fingerprint density at radius 1 is 1.24 bits per heavy atom. The number of nitrogens with zero attached hydrogens (tertiary/aromatic N) is 2. The van der Waals surface area contributed by atoms with Crippen molar-refractivity contribution < 1.29 is 9.53 Å². The van der Waals surface area contributed by atoms with Crippen LogP contribution in [0, 0.1) is 0 Å². The zero-order chi connectivity index (χ0) is 17.6. The molecule has 1 N–H and O–H groups in total. The van der Waals surface area contributed by atoms with E-state index in [4.69, 9.17) is 27.9 Å². The van der Waals surface area contributed by atoms with Gasteiger partial charge < -0.3 is 15.0 Å². The summed E-state index contributed by atoms with van der Waals surface area (Å²) in [7, 11) is 0. The highest BCUT2D eigenvalue weighted by molar-refractivity contribution is 6.42. The summed E-state index contributed by atoms with van der Waals surface area (Å²) in [5.74, 6) is 0. The molecule has 1 aromatic heterocycles. The van der Waals surface area contributed by atoms with Gasteiger partial charge in [-0.25, -0.2) is 4.79 Å². The molecule has 1 saturated heterocycles. The third-order valence-electron chi connectivity index (χ3n) is 4.03. The molecule has 2 amide bonds. The Morgan fingerprint density at radius 2 is 2.04 bits per heavy atom. The van der Waals surface area contributed by atoms with E-state index in [1.165, 1.54) is 0 Å². The molecule has 0 aliphatic carbocycles. The van der Waals surface area contributed by atoms with Crippen molar-refractivity contribution in [3.8, 4) is 0 Å². The Kier molecular flexibility index (Phi) is 6.13. The van der Waals surface area contributed by atoms with Crippen molar-refractivity contribution in [2.24, 2.45) is 0 Å². The number of rotatable bonds is 5. The lowest BCUT2D eigenvalue weighted by atomic mass is 10.2. The summed E-state index contributed by atoms with van der Waals surface area (Å²) in [6.07, 6.45) is 5.50. The van der Waals surface area contributed by atoms with Crippen LogP contribution in [-0.2, 0) is 11.3 Å². The van der Waals surface area contributed by atoms with Crippen molar-refractivity contribution in [1.82, 2.24) is 9.88 Å². The maximum absolute atomic E-state index is 12.8. The molecule has 0 bridgehead atoms. The molecule has 132 valence electrons. The molecule has 1 atom stereocenters. The molecular weight excluding hydrogens is 361 g/mol. The molecular formula is C18H19Cl2N3O2. The van der Waals surface area contributed by atoms with E-state index >= 15 is 0 Å². The number of hydrogen-bond donors (Lipinski definition) is 1. The van der Waals surface area contributed by atoms with Gasteiger partial charge in [0.05, 0.1) is 16.1 Å². The topological polar surface area (TPSA) is 54.5 Å². The average Bonchev–Trinajstić information content (AvgIpc) is 3.12. The fourth-order valence-electron chi connectivity index (χ4n) is 2.74. The Bertz CT molecular complexity index is 722. The molecule has 0 spiro atoms. The third kappa shape index (κ3) is 5.08. The minimum atomic E-state index is -0.203. The fraction of sp³-hybridized carbons (Fsp3) is 0.333. The highest BCUT2D eigenvalue weighted by atomic mass is 35.5.